The second-order valence-corrected chi connectivity index (χ2v) is 8.44. The number of fused-ring (bicyclic) bond motifs is 1. The number of aliphatic hydroxyl groups is 2. The maximum absolute atomic E-state index is 10.3. The van der Waals surface area contributed by atoms with Crippen molar-refractivity contribution in [3.8, 4) is 0 Å². The predicted molar refractivity (Wildman–Crippen MR) is 87.9 cm³/mol. The molecule has 2 nitrogen and oxygen atoms in total. The summed E-state index contributed by atoms with van der Waals surface area (Å²) in [6, 6.07) is 0. The molecule has 0 aromatic rings. The Bertz CT molecular complexity index is 382. The summed E-state index contributed by atoms with van der Waals surface area (Å²) in [5.41, 5.74) is -0.348. The molecule has 6 atom stereocenters. The van der Waals surface area contributed by atoms with E-state index < -0.39 is 5.60 Å². The van der Waals surface area contributed by atoms with E-state index in [1.165, 1.54) is 25.7 Å². The molecule has 2 saturated carbocycles. The van der Waals surface area contributed by atoms with Gasteiger partial charge in [-0.2, -0.15) is 0 Å². The molecule has 2 heteroatoms. The molecule has 1 unspecified atom stereocenters. The molecule has 0 saturated heterocycles. The molecule has 0 bridgehead atoms. The van der Waals surface area contributed by atoms with Crippen LogP contribution >= 0.6 is 0 Å². The molecule has 2 rings (SSSR count). The zero-order valence-electron chi connectivity index (χ0n) is 14.5. The lowest BCUT2D eigenvalue weighted by Gasteiger charge is -2.44. The molecule has 0 aliphatic heterocycles. The minimum atomic E-state index is -0.653. The van der Waals surface area contributed by atoms with Crippen molar-refractivity contribution in [2.45, 2.75) is 78.4 Å². The molecule has 2 fully saturated rings. The third-order valence-electron chi connectivity index (χ3n) is 6.61. The van der Waals surface area contributed by atoms with Crippen molar-refractivity contribution in [1.29, 1.82) is 0 Å². The summed E-state index contributed by atoms with van der Waals surface area (Å²) < 4.78 is 0. The summed E-state index contributed by atoms with van der Waals surface area (Å²) in [4.78, 5) is 0. The predicted octanol–water partition coefficient (Wildman–Crippen LogP) is 4.16. The van der Waals surface area contributed by atoms with E-state index in [1.807, 2.05) is 13.8 Å². The van der Waals surface area contributed by atoms with E-state index in [-0.39, 0.29) is 12.0 Å². The summed E-state index contributed by atoms with van der Waals surface area (Å²) in [6.45, 7) is 10.5. The molecular weight excluding hydrogens is 260 g/mol. The molecule has 0 radical (unpaired) electrons. The van der Waals surface area contributed by atoms with Crippen LogP contribution in [0, 0.1) is 29.1 Å². The fraction of sp³-hybridized carbons (Fsp3) is 0.895. The van der Waals surface area contributed by atoms with Gasteiger partial charge in [0.2, 0.25) is 0 Å². The normalized spacial score (nSPS) is 40.2. The SMILES string of the molecule is C[C@H](C=C[C@H](C)C(C)(C)O)[C@H]1CC[C@H]2C(O)CCC[C@]12C. The smallest absolute Gasteiger partial charge is 0.0651 e. The van der Waals surface area contributed by atoms with Crippen LogP contribution in [0.1, 0.15) is 66.7 Å². The molecule has 0 amide bonds. The average molecular weight is 294 g/mol. The van der Waals surface area contributed by atoms with Crippen LogP contribution in [0.4, 0.5) is 0 Å². The molecule has 0 aromatic heterocycles. The molecule has 2 aliphatic carbocycles. The van der Waals surface area contributed by atoms with Crippen molar-refractivity contribution in [2.24, 2.45) is 29.1 Å². The summed E-state index contributed by atoms with van der Waals surface area (Å²) in [6.07, 6.45) is 10.2. The number of aliphatic hydroxyl groups excluding tert-OH is 1. The lowest BCUT2D eigenvalue weighted by Crippen LogP contribution is -2.41. The molecule has 0 aromatic carbocycles. The van der Waals surface area contributed by atoms with Crippen LogP contribution in [0.25, 0.3) is 0 Å². The van der Waals surface area contributed by atoms with E-state index in [0.717, 1.165) is 6.42 Å². The average Bonchev–Trinajstić information content (AvgIpc) is 2.73. The van der Waals surface area contributed by atoms with Crippen molar-refractivity contribution in [1.82, 2.24) is 0 Å². The second kappa shape index (κ2) is 6.04. The molecule has 2 aliphatic rings. The topological polar surface area (TPSA) is 40.5 Å². The number of rotatable bonds is 4. The fourth-order valence-electron chi connectivity index (χ4n) is 4.76. The van der Waals surface area contributed by atoms with Crippen LogP contribution in [0.15, 0.2) is 12.2 Å². The molecule has 0 spiro atoms. The lowest BCUT2D eigenvalue weighted by atomic mass is 9.62. The van der Waals surface area contributed by atoms with Crippen LogP contribution in [0.2, 0.25) is 0 Å². The highest BCUT2D eigenvalue weighted by Crippen LogP contribution is 2.57. The van der Waals surface area contributed by atoms with Gasteiger partial charge in [-0.05, 0) is 62.7 Å². The van der Waals surface area contributed by atoms with Crippen LogP contribution in [0.5, 0.6) is 0 Å². The maximum atomic E-state index is 10.3. The molecule has 2 N–H and O–H groups in total. The van der Waals surface area contributed by atoms with E-state index in [0.29, 0.717) is 23.2 Å². The van der Waals surface area contributed by atoms with Crippen molar-refractivity contribution < 1.29 is 10.2 Å². The minimum absolute atomic E-state index is 0.0831. The molecule has 21 heavy (non-hydrogen) atoms. The van der Waals surface area contributed by atoms with E-state index in [4.69, 9.17) is 0 Å². The van der Waals surface area contributed by atoms with Crippen LogP contribution in [-0.2, 0) is 0 Å². The van der Waals surface area contributed by atoms with E-state index in [1.54, 1.807) is 0 Å². The third kappa shape index (κ3) is 3.37. The van der Waals surface area contributed by atoms with Crippen molar-refractivity contribution in [3.05, 3.63) is 12.2 Å². The van der Waals surface area contributed by atoms with Gasteiger partial charge in [0.25, 0.3) is 0 Å². The van der Waals surface area contributed by atoms with Gasteiger partial charge in [-0.15, -0.1) is 0 Å². The Morgan fingerprint density at radius 1 is 1.14 bits per heavy atom. The Hall–Kier alpha value is -0.340. The Labute approximate surface area is 130 Å². The summed E-state index contributed by atoms with van der Waals surface area (Å²) in [5, 5.41) is 20.4. The second-order valence-electron chi connectivity index (χ2n) is 8.44. The molecular formula is C19H34O2. The van der Waals surface area contributed by atoms with Crippen LogP contribution in [-0.4, -0.2) is 21.9 Å². The van der Waals surface area contributed by atoms with Crippen molar-refractivity contribution in [2.75, 3.05) is 0 Å². The van der Waals surface area contributed by atoms with Gasteiger partial charge < -0.3 is 10.2 Å². The number of hydrogen-bond acceptors (Lipinski definition) is 2. The Kier molecular flexibility index (Phi) is 4.90. The number of allylic oxidation sites excluding steroid dienone is 1. The van der Waals surface area contributed by atoms with Gasteiger partial charge >= 0.3 is 0 Å². The standard InChI is InChI=1S/C19H34O2/c1-13(8-9-14(2)18(3,4)21)15-10-11-16-17(20)7-6-12-19(15,16)5/h8-9,13-17,20-21H,6-7,10-12H2,1-5H3/t13-,14+,15-,16+,17?,19-/m1/s1. The van der Waals surface area contributed by atoms with E-state index in [2.05, 4.69) is 32.9 Å². The van der Waals surface area contributed by atoms with Gasteiger partial charge in [0.15, 0.2) is 0 Å². The largest absolute Gasteiger partial charge is 0.393 e. The monoisotopic (exact) mass is 294 g/mol. The highest BCUT2D eigenvalue weighted by atomic mass is 16.3. The zero-order valence-corrected chi connectivity index (χ0v) is 14.5. The third-order valence-corrected chi connectivity index (χ3v) is 6.61. The van der Waals surface area contributed by atoms with Crippen LogP contribution < -0.4 is 0 Å². The Morgan fingerprint density at radius 2 is 1.81 bits per heavy atom. The zero-order chi connectivity index (χ0) is 15.8. The first-order valence-corrected chi connectivity index (χ1v) is 8.75. The Balaban J connectivity index is 2.06. The first-order valence-electron chi connectivity index (χ1n) is 8.75. The minimum Gasteiger partial charge on any atom is -0.393 e. The van der Waals surface area contributed by atoms with Gasteiger partial charge in [0, 0.05) is 5.92 Å². The van der Waals surface area contributed by atoms with E-state index in [9.17, 15) is 10.2 Å². The van der Waals surface area contributed by atoms with Gasteiger partial charge in [-0.1, -0.05) is 39.3 Å². The van der Waals surface area contributed by atoms with Crippen molar-refractivity contribution in [3.63, 3.8) is 0 Å². The fourth-order valence-corrected chi connectivity index (χ4v) is 4.76. The van der Waals surface area contributed by atoms with Crippen LogP contribution in [0.3, 0.4) is 0 Å². The highest BCUT2D eigenvalue weighted by Gasteiger charge is 2.51. The Morgan fingerprint density at radius 3 is 2.43 bits per heavy atom. The summed E-state index contributed by atoms with van der Waals surface area (Å²) in [5.74, 6) is 1.86. The van der Waals surface area contributed by atoms with Gasteiger partial charge in [-0.3, -0.25) is 0 Å². The summed E-state index contributed by atoms with van der Waals surface area (Å²) >= 11 is 0. The van der Waals surface area contributed by atoms with Gasteiger partial charge in [-0.25, -0.2) is 0 Å². The van der Waals surface area contributed by atoms with Gasteiger partial charge in [0.1, 0.15) is 0 Å². The first kappa shape index (κ1) is 17.0. The molecule has 0 heterocycles. The maximum Gasteiger partial charge on any atom is 0.0651 e. The van der Waals surface area contributed by atoms with Crippen molar-refractivity contribution >= 4 is 0 Å². The summed E-state index contributed by atoms with van der Waals surface area (Å²) in [7, 11) is 0. The molecule has 122 valence electrons. The number of hydrogen-bond donors (Lipinski definition) is 2. The highest BCUT2D eigenvalue weighted by molar-refractivity contribution is 5.06. The van der Waals surface area contributed by atoms with Gasteiger partial charge in [0.05, 0.1) is 11.7 Å². The quantitative estimate of drug-likeness (QED) is 0.764. The first-order chi connectivity index (χ1) is 9.66. The van der Waals surface area contributed by atoms with E-state index >= 15 is 0 Å². The lowest BCUT2D eigenvalue weighted by molar-refractivity contribution is -0.0232.